The Bertz CT molecular complexity index is 1310. The van der Waals surface area contributed by atoms with Crippen LogP contribution in [-0.2, 0) is 6.54 Å². The van der Waals surface area contributed by atoms with Crippen LogP contribution in [0, 0.1) is 6.92 Å². The second-order valence-corrected chi connectivity index (χ2v) is 11.3. The Balaban J connectivity index is 1.28. The molecule has 1 aromatic heterocycles. The van der Waals surface area contributed by atoms with E-state index in [4.69, 9.17) is 16.6 Å². The van der Waals surface area contributed by atoms with Gasteiger partial charge in [-0.15, -0.1) is 0 Å². The van der Waals surface area contributed by atoms with Crippen LogP contribution >= 0.6 is 11.6 Å². The van der Waals surface area contributed by atoms with Gasteiger partial charge in [0.1, 0.15) is 5.82 Å². The van der Waals surface area contributed by atoms with Crippen LogP contribution in [0.2, 0.25) is 5.02 Å². The molecule has 2 aliphatic heterocycles. The van der Waals surface area contributed by atoms with Gasteiger partial charge >= 0.3 is 6.03 Å². The van der Waals surface area contributed by atoms with Crippen LogP contribution in [0.4, 0.5) is 33.6 Å². The molecule has 0 unspecified atom stereocenters. The van der Waals surface area contributed by atoms with Gasteiger partial charge in [0.2, 0.25) is 5.95 Å². The van der Waals surface area contributed by atoms with Crippen LogP contribution in [-0.4, -0.2) is 60.2 Å². The van der Waals surface area contributed by atoms with E-state index in [2.05, 4.69) is 51.4 Å². The van der Waals surface area contributed by atoms with E-state index in [0.717, 1.165) is 74.4 Å². The van der Waals surface area contributed by atoms with Crippen molar-refractivity contribution in [1.82, 2.24) is 14.9 Å². The molecule has 3 aliphatic rings. The number of hydrogen-bond acceptors (Lipinski definition) is 6. The van der Waals surface area contributed by atoms with Gasteiger partial charge in [-0.3, -0.25) is 9.80 Å². The van der Waals surface area contributed by atoms with Crippen LogP contribution in [0.15, 0.2) is 48.7 Å². The predicted octanol–water partition coefficient (Wildman–Crippen LogP) is 6.21. The summed E-state index contributed by atoms with van der Waals surface area (Å²) in [4.78, 5) is 32.1. The first-order chi connectivity index (χ1) is 19.0. The minimum Gasteiger partial charge on any atom is -0.369 e. The quantitative estimate of drug-likeness (QED) is 0.411. The number of likely N-dealkylation sites (N-methyl/N-ethyl adjacent to an activating group) is 1. The van der Waals surface area contributed by atoms with E-state index in [0.29, 0.717) is 23.3 Å². The summed E-state index contributed by atoms with van der Waals surface area (Å²) in [5, 5.41) is 3.95. The van der Waals surface area contributed by atoms with Crippen molar-refractivity contribution in [2.75, 3.05) is 53.2 Å². The number of nitrogens with zero attached hydrogens (tertiary/aromatic N) is 6. The third kappa shape index (κ3) is 5.28. The molecule has 1 saturated carbocycles. The fourth-order valence-electron chi connectivity index (χ4n) is 5.99. The number of benzene rings is 2. The number of aryl methyl sites for hydroxylation is 1. The lowest BCUT2D eigenvalue weighted by Gasteiger charge is -2.42. The third-order valence-corrected chi connectivity index (χ3v) is 8.53. The number of halogens is 1. The summed E-state index contributed by atoms with van der Waals surface area (Å²) in [6.07, 6.45) is 7.24. The van der Waals surface area contributed by atoms with Gasteiger partial charge in [0.25, 0.3) is 0 Å². The van der Waals surface area contributed by atoms with Gasteiger partial charge in [-0.2, -0.15) is 4.98 Å². The minimum absolute atomic E-state index is 0.0632. The molecule has 1 saturated heterocycles. The van der Waals surface area contributed by atoms with Crippen LogP contribution in [0.3, 0.4) is 0 Å². The van der Waals surface area contributed by atoms with Crippen molar-refractivity contribution >= 4 is 46.5 Å². The Morgan fingerprint density at radius 3 is 2.44 bits per heavy atom. The first-order valence-electron chi connectivity index (χ1n) is 14.0. The highest BCUT2D eigenvalue weighted by atomic mass is 35.5. The molecule has 3 heterocycles. The summed E-state index contributed by atoms with van der Waals surface area (Å²) >= 11 is 6.61. The number of fused-ring (bicyclic) bond motifs is 1. The Morgan fingerprint density at radius 2 is 1.72 bits per heavy atom. The van der Waals surface area contributed by atoms with Crippen LogP contribution in [0.25, 0.3) is 0 Å². The zero-order valence-corrected chi connectivity index (χ0v) is 23.5. The molecule has 1 aliphatic carbocycles. The molecular formula is C30H36ClN7O. The van der Waals surface area contributed by atoms with E-state index in [1.54, 1.807) is 4.90 Å². The average Bonchev–Trinajstić information content (AvgIpc) is 2.95. The smallest absolute Gasteiger partial charge is 0.330 e. The first-order valence-corrected chi connectivity index (χ1v) is 14.4. The molecule has 0 radical (unpaired) electrons. The number of rotatable bonds is 5. The van der Waals surface area contributed by atoms with Gasteiger partial charge in [-0.1, -0.05) is 43.0 Å². The van der Waals surface area contributed by atoms with Crippen molar-refractivity contribution in [2.24, 2.45) is 0 Å². The van der Waals surface area contributed by atoms with Crippen molar-refractivity contribution < 1.29 is 4.79 Å². The largest absolute Gasteiger partial charge is 0.369 e. The van der Waals surface area contributed by atoms with Crippen molar-refractivity contribution in [3.63, 3.8) is 0 Å². The molecule has 0 bridgehead atoms. The molecule has 1 N–H and O–H groups in total. The van der Waals surface area contributed by atoms with E-state index in [-0.39, 0.29) is 12.1 Å². The minimum atomic E-state index is -0.0632. The van der Waals surface area contributed by atoms with E-state index in [9.17, 15) is 4.79 Å². The highest BCUT2D eigenvalue weighted by Crippen LogP contribution is 2.39. The van der Waals surface area contributed by atoms with Crippen molar-refractivity contribution in [3.05, 3.63) is 64.8 Å². The molecule has 2 fully saturated rings. The maximum atomic E-state index is 14.1. The molecule has 9 heteroatoms. The maximum absolute atomic E-state index is 14.1. The molecule has 0 spiro atoms. The number of anilines is 5. The number of piperazine rings is 1. The number of hydrogen-bond donors (Lipinski definition) is 1. The summed E-state index contributed by atoms with van der Waals surface area (Å²) in [6, 6.07) is 14.2. The van der Waals surface area contributed by atoms with E-state index in [1.807, 2.05) is 36.2 Å². The second-order valence-electron chi connectivity index (χ2n) is 10.9. The molecule has 8 nitrogen and oxygen atoms in total. The fourth-order valence-corrected chi connectivity index (χ4v) is 6.32. The molecule has 3 aromatic rings. The lowest BCUT2D eigenvalue weighted by Crippen LogP contribution is -2.53. The van der Waals surface area contributed by atoms with Gasteiger partial charge in [0.15, 0.2) is 0 Å². The molecule has 6 rings (SSSR count). The zero-order chi connectivity index (χ0) is 26.9. The normalized spacial score (nSPS) is 18.8. The molecule has 2 amide bonds. The average molecular weight is 546 g/mol. The fraction of sp³-hybridized carbons (Fsp3) is 0.433. The monoisotopic (exact) mass is 545 g/mol. The number of carbonyl (C=O) groups is 1. The number of carbonyl (C=O) groups excluding carboxylic acids is 1. The van der Waals surface area contributed by atoms with Crippen LogP contribution in [0.1, 0.15) is 43.2 Å². The topological polar surface area (TPSA) is 67.8 Å². The van der Waals surface area contributed by atoms with E-state index >= 15 is 0 Å². The van der Waals surface area contributed by atoms with Gasteiger partial charge in [0.05, 0.1) is 17.3 Å². The predicted molar refractivity (Wildman–Crippen MR) is 159 cm³/mol. The summed E-state index contributed by atoms with van der Waals surface area (Å²) < 4.78 is 0. The van der Waals surface area contributed by atoms with Crippen LogP contribution < -0.4 is 20.0 Å². The van der Waals surface area contributed by atoms with Gasteiger partial charge in [-0.05, 0) is 62.7 Å². The maximum Gasteiger partial charge on any atom is 0.330 e. The molecule has 39 heavy (non-hydrogen) atoms. The molecule has 204 valence electrons. The lowest BCUT2D eigenvalue weighted by atomic mass is 9.93. The summed E-state index contributed by atoms with van der Waals surface area (Å²) in [5.41, 5.74) is 4.81. The SMILES string of the molecule is Cc1cccc(Cl)c1N1Cc2cnc(Nc3ccc(N4CCN(C)CC4)cc3)nc2N(C2CCCCC2)C1=O. The summed E-state index contributed by atoms with van der Waals surface area (Å²) in [7, 11) is 2.17. The van der Waals surface area contributed by atoms with Crippen molar-refractivity contribution in [1.29, 1.82) is 0 Å². The Hall–Kier alpha value is -3.36. The third-order valence-electron chi connectivity index (χ3n) is 8.23. The molecule has 0 atom stereocenters. The van der Waals surface area contributed by atoms with Crippen molar-refractivity contribution in [2.45, 2.75) is 51.6 Å². The van der Waals surface area contributed by atoms with E-state index < -0.39 is 0 Å². The van der Waals surface area contributed by atoms with Crippen LogP contribution in [0.5, 0.6) is 0 Å². The Labute approximate surface area is 235 Å². The number of aromatic nitrogens is 2. The Morgan fingerprint density at radius 1 is 0.974 bits per heavy atom. The first kappa shape index (κ1) is 25.9. The second kappa shape index (κ2) is 11.0. The van der Waals surface area contributed by atoms with E-state index in [1.165, 1.54) is 12.1 Å². The summed E-state index contributed by atoms with van der Waals surface area (Å²) in [6.45, 7) is 6.61. The molecular weight excluding hydrogens is 510 g/mol. The number of nitrogens with one attached hydrogen (secondary N) is 1. The van der Waals surface area contributed by atoms with Gasteiger partial charge in [-0.25, -0.2) is 9.78 Å². The highest BCUT2D eigenvalue weighted by Gasteiger charge is 2.39. The summed E-state index contributed by atoms with van der Waals surface area (Å²) in [5.74, 6) is 1.21. The van der Waals surface area contributed by atoms with Gasteiger partial charge < -0.3 is 15.1 Å². The number of amides is 2. The number of urea groups is 1. The standard InChI is InChI=1S/C30H36ClN7O/c1-21-7-6-10-26(31)27(21)37-20-22-19-32-29(34-28(22)38(30(37)39)25-8-4-3-5-9-25)33-23-11-13-24(14-12-23)36-17-15-35(2)16-18-36/h6-7,10-14,19,25H,3-5,8-9,15-18,20H2,1-2H3,(H,32,33,34). The van der Waals surface area contributed by atoms with Gasteiger partial charge in [0, 0.05) is 55.4 Å². The highest BCUT2D eigenvalue weighted by molar-refractivity contribution is 6.34. The Kier molecular flexibility index (Phi) is 7.32. The number of para-hydroxylation sites is 1. The molecule has 2 aromatic carbocycles. The lowest BCUT2D eigenvalue weighted by molar-refractivity contribution is 0.244. The van der Waals surface area contributed by atoms with Crippen molar-refractivity contribution in [3.8, 4) is 0 Å². The zero-order valence-electron chi connectivity index (χ0n) is 22.7.